The summed E-state index contributed by atoms with van der Waals surface area (Å²) in [6.45, 7) is 1.81. The number of hydrogen-bond donors (Lipinski definition) is 2. The molecule has 126 valence electrons. The summed E-state index contributed by atoms with van der Waals surface area (Å²) < 4.78 is 76.8. The number of halogens is 6. The second kappa shape index (κ2) is 6.87. The third kappa shape index (κ3) is 4.61. The SMILES string of the molecule is CCCC[C@@H](O)[C@@H](N)c1cc(C(F)(F)F)ccc1C(F)(F)F. The van der Waals surface area contributed by atoms with Crippen LogP contribution in [-0.2, 0) is 12.4 Å². The van der Waals surface area contributed by atoms with Crippen LogP contribution in [0.4, 0.5) is 26.3 Å². The summed E-state index contributed by atoms with van der Waals surface area (Å²) in [5.41, 5.74) is 2.34. The topological polar surface area (TPSA) is 46.2 Å². The summed E-state index contributed by atoms with van der Waals surface area (Å²) in [4.78, 5) is 0. The van der Waals surface area contributed by atoms with Gasteiger partial charge in [-0.05, 0) is 30.2 Å². The van der Waals surface area contributed by atoms with Gasteiger partial charge in [-0.25, -0.2) is 0 Å². The Balaban J connectivity index is 3.28. The summed E-state index contributed by atoms with van der Waals surface area (Å²) in [6, 6.07) is -0.463. The molecule has 0 fully saturated rings. The van der Waals surface area contributed by atoms with Crippen LogP contribution < -0.4 is 5.73 Å². The number of alkyl halides is 6. The predicted octanol–water partition coefficient (Wildman–Crippen LogP) is 4.28. The van der Waals surface area contributed by atoms with Crippen LogP contribution in [0.3, 0.4) is 0 Å². The van der Waals surface area contributed by atoms with Crippen LogP contribution in [0, 0.1) is 0 Å². The van der Waals surface area contributed by atoms with Gasteiger partial charge in [0, 0.05) is 0 Å². The van der Waals surface area contributed by atoms with Gasteiger partial charge < -0.3 is 10.8 Å². The van der Waals surface area contributed by atoms with Gasteiger partial charge >= 0.3 is 12.4 Å². The van der Waals surface area contributed by atoms with Crippen molar-refractivity contribution in [2.45, 2.75) is 50.7 Å². The smallest absolute Gasteiger partial charge is 0.391 e. The Labute approximate surface area is 123 Å². The molecule has 22 heavy (non-hydrogen) atoms. The lowest BCUT2D eigenvalue weighted by Gasteiger charge is -2.24. The molecule has 1 aromatic rings. The van der Waals surface area contributed by atoms with Gasteiger partial charge in [-0.2, -0.15) is 26.3 Å². The highest BCUT2D eigenvalue weighted by Crippen LogP contribution is 2.39. The summed E-state index contributed by atoms with van der Waals surface area (Å²) in [7, 11) is 0. The summed E-state index contributed by atoms with van der Waals surface area (Å²) in [5.74, 6) is 0. The number of aliphatic hydroxyl groups excluding tert-OH is 1. The molecule has 2 atom stereocenters. The lowest BCUT2D eigenvalue weighted by molar-refractivity contribution is -0.142. The fourth-order valence-electron chi connectivity index (χ4n) is 2.07. The largest absolute Gasteiger partial charge is 0.416 e. The maximum absolute atomic E-state index is 12.9. The van der Waals surface area contributed by atoms with E-state index >= 15 is 0 Å². The quantitative estimate of drug-likeness (QED) is 0.792. The third-order valence-corrected chi connectivity index (χ3v) is 3.31. The van der Waals surface area contributed by atoms with Gasteiger partial charge in [0.25, 0.3) is 0 Å². The molecule has 0 bridgehead atoms. The van der Waals surface area contributed by atoms with Gasteiger partial charge in [0.1, 0.15) is 0 Å². The van der Waals surface area contributed by atoms with Crippen LogP contribution >= 0.6 is 0 Å². The monoisotopic (exact) mass is 329 g/mol. The van der Waals surface area contributed by atoms with Gasteiger partial charge in [-0.15, -0.1) is 0 Å². The van der Waals surface area contributed by atoms with Crippen molar-refractivity contribution in [2.75, 3.05) is 0 Å². The molecule has 0 spiro atoms. The molecule has 8 heteroatoms. The van der Waals surface area contributed by atoms with E-state index in [0.717, 1.165) is 0 Å². The first-order valence-corrected chi connectivity index (χ1v) is 6.70. The van der Waals surface area contributed by atoms with Crippen molar-refractivity contribution in [1.82, 2.24) is 0 Å². The zero-order chi connectivity index (χ0) is 17.1. The van der Waals surface area contributed by atoms with Gasteiger partial charge in [0.2, 0.25) is 0 Å². The van der Waals surface area contributed by atoms with Gasteiger partial charge in [0.05, 0.1) is 23.3 Å². The molecule has 0 saturated heterocycles. The number of hydrogen-bond acceptors (Lipinski definition) is 2. The van der Waals surface area contributed by atoms with Crippen molar-refractivity contribution in [3.05, 3.63) is 34.9 Å². The van der Waals surface area contributed by atoms with Crippen molar-refractivity contribution in [3.8, 4) is 0 Å². The molecule has 0 aromatic heterocycles. The average Bonchev–Trinajstić information content (AvgIpc) is 2.41. The van der Waals surface area contributed by atoms with Gasteiger partial charge in [-0.3, -0.25) is 0 Å². The number of benzene rings is 1. The van der Waals surface area contributed by atoms with E-state index in [4.69, 9.17) is 5.73 Å². The van der Waals surface area contributed by atoms with E-state index in [-0.39, 0.29) is 6.42 Å². The fraction of sp³-hybridized carbons (Fsp3) is 0.571. The first kappa shape index (κ1) is 18.8. The minimum atomic E-state index is -4.85. The lowest BCUT2D eigenvalue weighted by atomic mass is 9.92. The first-order chi connectivity index (χ1) is 9.98. The van der Waals surface area contributed by atoms with Crippen LogP contribution in [0.1, 0.15) is 48.9 Å². The molecule has 0 aliphatic rings. The predicted molar refractivity (Wildman–Crippen MR) is 68.9 cm³/mol. The molecule has 0 unspecified atom stereocenters. The highest BCUT2D eigenvalue weighted by molar-refractivity contribution is 5.38. The molecule has 0 heterocycles. The Kier molecular flexibility index (Phi) is 5.86. The van der Waals surface area contributed by atoms with Crippen LogP contribution in [0.15, 0.2) is 18.2 Å². The van der Waals surface area contributed by atoms with E-state index < -0.39 is 41.2 Å². The van der Waals surface area contributed by atoms with Crippen molar-refractivity contribution in [2.24, 2.45) is 5.73 Å². The first-order valence-electron chi connectivity index (χ1n) is 6.70. The molecule has 1 aromatic carbocycles. The summed E-state index contributed by atoms with van der Waals surface area (Å²) >= 11 is 0. The van der Waals surface area contributed by atoms with E-state index in [2.05, 4.69) is 0 Å². The number of unbranched alkanes of at least 4 members (excludes halogenated alkanes) is 1. The van der Waals surface area contributed by atoms with Crippen LogP contribution in [0.5, 0.6) is 0 Å². The second-order valence-electron chi connectivity index (χ2n) is 5.03. The highest BCUT2D eigenvalue weighted by Gasteiger charge is 2.39. The molecule has 0 aliphatic carbocycles. The fourth-order valence-corrected chi connectivity index (χ4v) is 2.07. The van der Waals surface area contributed by atoms with E-state index in [1.807, 2.05) is 6.92 Å². The van der Waals surface area contributed by atoms with Crippen LogP contribution in [-0.4, -0.2) is 11.2 Å². The van der Waals surface area contributed by atoms with Crippen LogP contribution in [0.2, 0.25) is 0 Å². The molecular formula is C14H17F6NO. The third-order valence-electron chi connectivity index (χ3n) is 3.31. The molecule has 0 radical (unpaired) electrons. The minimum Gasteiger partial charge on any atom is -0.391 e. The summed E-state index contributed by atoms with van der Waals surface area (Å²) in [5, 5.41) is 9.81. The number of rotatable bonds is 5. The zero-order valence-corrected chi connectivity index (χ0v) is 11.8. The second-order valence-corrected chi connectivity index (χ2v) is 5.03. The van der Waals surface area contributed by atoms with Gasteiger partial charge in [0.15, 0.2) is 0 Å². The maximum atomic E-state index is 12.9. The van der Waals surface area contributed by atoms with E-state index in [9.17, 15) is 31.4 Å². The van der Waals surface area contributed by atoms with E-state index in [0.29, 0.717) is 31.0 Å². The van der Waals surface area contributed by atoms with Crippen molar-refractivity contribution in [1.29, 1.82) is 0 Å². The molecule has 0 amide bonds. The van der Waals surface area contributed by atoms with Crippen molar-refractivity contribution >= 4 is 0 Å². The molecular weight excluding hydrogens is 312 g/mol. The lowest BCUT2D eigenvalue weighted by Crippen LogP contribution is -2.29. The van der Waals surface area contributed by atoms with Crippen molar-refractivity contribution < 1.29 is 31.4 Å². The number of nitrogens with two attached hydrogens (primary N) is 1. The molecule has 0 aliphatic heterocycles. The Hall–Kier alpha value is -1.28. The zero-order valence-electron chi connectivity index (χ0n) is 11.8. The Morgan fingerprint density at radius 3 is 2.14 bits per heavy atom. The Morgan fingerprint density at radius 1 is 1.09 bits per heavy atom. The Morgan fingerprint density at radius 2 is 1.68 bits per heavy atom. The maximum Gasteiger partial charge on any atom is 0.416 e. The average molecular weight is 329 g/mol. The molecule has 0 saturated carbocycles. The van der Waals surface area contributed by atoms with Crippen LogP contribution in [0.25, 0.3) is 0 Å². The molecule has 3 N–H and O–H groups in total. The van der Waals surface area contributed by atoms with Gasteiger partial charge in [-0.1, -0.05) is 19.8 Å². The van der Waals surface area contributed by atoms with Crippen molar-refractivity contribution in [3.63, 3.8) is 0 Å². The standard InChI is InChI=1S/C14H17F6NO/c1-2-3-4-11(22)12(21)9-7-8(13(15,16)17)5-6-10(9)14(18,19)20/h5-7,11-12,22H,2-4,21H2,1H3/t11-,12+/m1/s1. The Bertz CT molecular complexity index is 497. The van der Waals surface area contributed by atoms with E-state index in [1.54, 1.807) is 0 Å². The van der Waals surface area contributed by atoms with E-state index in [1.165, 1.54) is 0 Å². The normalized spacial score (nSPS) is 15.7. The minimum absolute atomic E-state index is 0.116. The highest BCUT2D eigenvalue weighted by atomic mass is 19.4. The summed E-state index contributed by atoms with van der Waals surface area (Å²) in [6.07, 6.45) is -9.67. The molecule has 1 rings (SSSR count). The molecule has 2 nitrogen and oxygen atoms in total. The number of aliphatic hydroxyl groups is 1.